The van der Waals surface area contributed by atoms with Crippen molar-refractivity contribution in [2.75, 3.05) is 18.1 Å². The Morgan fingerprint density at radius 3 is 2.36 bits per heavy atom. The third kappa shape index (κ3) is 4.65. The molecule has 1 aromatic rings. The van der Waals surface area contributed by atoms with Crippen molar-refractivity contribution >= 4 is 17.6 Å². The number of para-hydroxylation sites is 2. The molecule has 0 bridgehead atoms. The number of rotatable bonds is 9. The molecule has 0 amide bonds. The Balaban J connectivity index is 3.14. The van der Waals surface area contributed by atoms with Crippen LogP contribution >= 0.6 is 0 Å². The van der Waals surface area contributed by atoms with E-state index in [-0.39, 0.29) is 6.54 Å². The van der Waals surface area contributed by atoms with Gasteiger partial charge in [-0.05, 0) is 25.5 Å². The summed E-state index contributed by atoms with van der Waals surface area (Å²) in [4.78, 5) is 24.0. The van der Waals surface area contributed by atoms with Gasteiger partial charge in [-0.15, -0.1) is 0 Å². The van der Waals surface area contributed by atoms with Crippen LogP contribution in [0.4, 0.5) is 5.69 Å². The first-order valence-corrected chi connectivity index (χ1v) is 7.32. The van der Waals surface area contributed by atoms with Crippen molar-refractivity contribution in [3.8, 4) is 5.75 Å². The molecule has 6 nitrogen and oxygen atoms in total. The molecule has 1 aromatic carbocycles. The predicted molar refractivity (Wildman–Crippen MR) is 83.5 cm³/mol. The lowest BCUT2D eigenvalue weighted by molar-refractivity contribution is -0.142. The van der Waals surface area contributed by atoms with Crippen LogP contribution in [0.2, 0.25) is 0 Å². The highest BCUT2D eigenvalue weighted by atomic mass is 16.5. The molecule has 0 aliphatic heterocycles. The minimum atomic E-state index is -1.01. The first-order valence-electron chi connectivity index (χ1n) is 7.32. The Morgan fingerprint density at radius 2 is 1.82 bits per heavy atom. The van der Waals surface area contributed by atoms with Gasteiger partial charge < -0.3 is 19.8 Å². The molecular weight excluding hydrogens is 286 g/mol. The molecule has 0 heterocycles. The molecule has 2 atom stereocenters. The van der Waals surface area contributed by atoms with E-state index in [0.717, 1.165) is 6.42 Å². The van der Waals surface area contributed by atoms with Gasteiger partial charge in [-0.1, -0.05) is 26.0 Å². The molecule has 0 aliphatic carbocycles. The molecule has 0 aliphatic rings. The fraction of sp³-hybridized carbons (Fsp3) is 0.500. The summed E-state index contributed by atoms with van der Waals surface area (Å²) in [7, 11) is 0. The maximum atomic E-state index is 11.4. The lowest BCUT2D eigenvalue weighted by atomic mass is 10.1. The second-order valence-corrected chi connectivity index (χ2v) is 5.22. The van der Waals surface area contributed by atoms with Crippen molar-refractivity contribution in [3.63, 3.8) is 0 Å². The highest BCUT2D eigenvalue weighted by Crippen LogP contribution is 2.30. The van der Waals surface area contributed by atoms with Crippen LogP contribution in [0.1, 0.15) is 27.2 Å². The standard InChI is InChI=1S/C16H23NO5/c1-4-9-22-14-8-6-5-7-13(14)17(12(3)16(20)21)10-11(2)15(18)19/h5-8,11-12H,4,9-10H2,1-3H3,(H,18,19)(H,20,21). The predicted octanol–water partition coefficient (Wildman–Crippen LogP) is 2.48. The third-order valence-electron chi connectivity index (χ3n) is 3.35. The van der Waals surface area contributed by atoms with Gasteiger partial charge in [-0.25, -0.2) is 4.79 Å². The summed E-state index contributed by atoms with van der Waals surface area (Å²) in [6, 6.07) is 6.24. The number of carboxylic acid groups (broad SMARTS) is 2. The van der Waals surface area contributed by atoms with E-state index < -0.39 is 23.9 Å². The molecule has 2 N–H and O–H groups in total. The van der Waals surface area contributed by atoms with E-state index in [4.69, 9.17) is 9.84 Å². The first-order chi connectivity index (χ1) is 10.4. The van der Waals surface area contributed by atoms with Crippen LogP contribution in [0.15, 0.2) is 24.3 Å². The monoisotopic (exact) mass is 309 g/mol. The molecule has 122 valence electrons. The van der Waals surface area contributed by atoms with Crippen LogP contribution in [0, 0.1) is 5.92 Å². The second-order valence-electron chi connectivity index (χ2n) is 5.22. The minimum absolute atomic E-state index is 0.0926. The molecule has 0 saturated carbocycles. The second kappa shape index (κ2) is 8.26. The number of aliphatic carboxylic acids is 2. The number of anilines is 1. The summed E-state index contributed by atoms with van der Waals surface area (Å²) in [6.07, 6.45) is 0.828. The van der Waals surface area contributed by atoms with Crippen LogP contribution in [0.5, 0.6) is 5.75 Å². The number of benzene rings is 1. The molecule has 2 unspecified atom stereocenters. The van der Waals surface area contributed by atoms with Crippen molar-refractivity contribution in [1.82, 2.24) is 0 Å². The smallest absolute Gasteiger partial charge is 0.326 e. The van der Waals surface area contributed by atoms with Gasteiger partial charge >= 0.3 is 11.9 Å². The van der Waals surface area contributed by atoms with Crippen LogP contribution < -0.4 is 9.64 Å². The minimum Gasteiger partial charge on any atom is -0.491 e. The van der Waals surface area contributed by atoms with Crippen LogP contribution in [-0.2, 0) is 9.59 Å². The van der Waals surface area contributed by atoms with E-state index >= 15 is 0 Å². The normalized spacial score (nSPS) is 13.2. The van der Waals surface area contributed by atoms with Gasteiger partial charge in [-0.3, -0.25) is 4.79 Å². The Bertz CT molecular complexity index is 517. The highest BCUT2D eigenvalue weighted by Gasteiger charge is 2.27. The molecule has 0 saturated heterocycles. The Labute approximate surface area is 130 Å². The van der Waals surface area contributed by atoms with Gasteiger partial charge in [-0.2, -0.15) is 0 Å². The summed E-state index contributed by atoms with van der Waals surface area (Å²) >= 11 is 0. The largest absolute Gasteiger partial charge is 0.491 e. The van der Waals surface area contributed by atoms with E-state index in [2.05, 4.69) is 0 Å². The molecule has 1 rings (SSSR count). The Hall–Kier alpha value is -2.24. The molecule has 0 spiro atoms. The van der Waals surface area contributed by atoms with E-state index in [1.54, 1.807) is 36.1 Å². The quantitative estimate of drug-likeness (QED) is 0.728. The number of hydrogen-bond acceptors (Lipinski definition) is 4. The van der Waals surface area contributed by atoms with E-state index in [9.17, 15) is 14.7 Å². The zero-order valence-corrected chi connectivity index (χ0v) is 13.2. The summed E-state index contributed by atoms with van der Waals surface area (Å²) in [5, 5.41) is 18.4. The zero-order valence-electron chi connectivity index (χ0n) is 13.2. The first kappa shape index (κ1) is 17.8. The lowest BCUT2D eigenvalue weighted by Crippen LogP contribution is -2.43. The SMILES string of the molecule is CCCOc1ccccc1N(CC(C)C(=O)O)C(C)C(=O)O. The van der Waals surface area contributed by atoms with Gasteiger partial charge in [0.2, 0.25) is 0 Å². The number of ether oxygens (including phenoxy) is 1. The molecule has 0 radical (unpaired) electrons. The van der Waals surface area contributed by atoms with E-state index in [1.165, 1.54) is 6.92 Å². The third-order valence-corrected chi connectivity index (χ3v) is 3.35. The van der Waals surface area contributed by atoms with Crippen molar-refractivity contribution < 1.29 is 24.5 Å². The average molecular weight is 309 g/mol. The van der Waals surface area contributed by atoms with Gasteiger partial charge in [0, 0.05) is 6.54 Å². The Morgan fingerprint density at radius 1 is 1.18 bits per heavy atom. The summed E-state index contributed by atoms with van der Waals surface area (Å²) in [6.45, 7) is 5.68. The number of hydrogen-bond donors (Lipinski definition) is 2. The highest BCUT2D eigenvalue weighted by molar-refractivity contribution is 5.79. The molecule has 6 heteroatoms. The Kier molecular flexibility index (Phi) is 6.69. The lowest BCUT2D eigenvalue weighted by Gasteiger charge is -2.31. The topological polar surface area (TPSA) is 87.1 Å². The molecule has 0 fully saturated rings. The van der Waals surface area contributed by atoms with Crippen molar-refractivity contribution in [2.24, 2.45) is 5.92 Å². The number of carboxylic acids is 2. The number of carbonyl (C=O) groups is 2. The number of nitrogens with zero attached hydrogens (tertiary/aromatic N) is 1. The fourth-order valence-electron chi connectivity index (χ4n) is 2.00. The summed E-state index contributed by atoms with van der Waals surface area (Å²) in [5.41, 5.74) is 0.596. The summed E-state index contributed by atoms with van der Waals surface area (Å²) < 4.78 is 5.66. The van der Waals surface area contributed by atoms with Gasteiger partial charge in [0.15, 0.2) is 0 Å². The molecule has 0 aromatic heterocycles. The zero-order chi connectivity index (χ0) is 16.7. The van der Waals surface area contributed by atoms with Crippen molar-refractivity contribution in [3.05, 3.63) is 24.3 Å². The van der Waals surface area contributed by atoms with Crippen molar-refractivity contribution in [2.45, 2.75) is 33.2 Å². The fourth-order valence-corrected chi connectivity index (χ4v) is 2.00. The van der Waals surface area contributed by atoms with Gasteiger partial charge in [0.25, 0.3) is 0 Å². The summed E-state index contributed by atoms with van der Waals surface area (Å²) in [5.74, 6) is -2.10. The van der Waals surface area contributed by atoms with E-state index in [0.29, 0.717) is 18.0 Å². The maximum absolute atomic E-state index is 11.4. The van der Waals surface area contributed by atoms with Crippen molar-refractivity contribution in [1.29, 1.82) is 0 Å². The van der Waals surface area contributed by atoms with Crippen LogP contribution in [-0.4, -0.2) is 41.3 Å². The van der Waals surface area contributed by atoms with Gasteiger partial charge in [0.1, 0.15) is 11.8 Å². The average Bonchev–Trinajstić information content (AvgIpc) is 2.49. The van der Waals surface area contributed by atoms with Crippen LogP contribution in [0.3, 0.4) is 0 Å². The van der Waals surface area contributed by atoms with Gasteiger partial charge in [0.05, 0.1) is 18.2 Å². The maximum Gasteiger partial charge on any atom is 0.326 e. The van der Waals surface area contributed by atoms with Crippen LogP contribution in [0.25, 0.3) is 0 Å². The van der Waals surface area contributed by atoms with E-state index in [1.807, 2.05) is 6.92 Å². The molecule has 22 heavy (non-hydrogen) atoms. The molecular formula is C16H23NO5.